The molecule has 0 radical (unpaired) electrons. The zero-order chi connectivity index (χ0) is 34.2. The second kappa shape index (κ2) is 11.0. The average molecular weight is 667 g/mol. The molecule has 2 aliphatic heterocycles. The topological polar surface area (TPSA) is 36.3 Å². The molecule has 0 bridgehead atoms. The minimum Gasteiger partial charge on any atom is -0.457 e. The van der Waals surface area contributed by atoms with E-state index in [0.717, 1.165) is 73.2 Å². The number of ether oxygens (including phenoxy) is 2. The fraction of sp³-hybridized carbons (Fsp3) is 0.0208. The van der Waals surface area contributed by atoms with Gasteiger partial charge < -0.3 is 14.0 Å². The summed E-state index contributed by atoms with van der Waals surface area (Å²) in [6.45, 7) is 0. The molecule has 0 amide bonds. The van der Waals surface area contributed by atoms with Crippen molar-refractivity contribution in [3.8, 4) is 50.9 Å². The Labute approximate surface area is 300 Å². The van der Waals surface area contributed by atoms with Crippen LogP contribution < -0.4 is 9.47 Å². The summed E-state index contributed by atoms with van der Waals surface area (Å²) in [6.07, 6.45) is 3.70. The number of para-hydroxylation sites is 5. The molecule has 2 aromatic heterocycles. The largest absolute Gasteiger partial charge is 0.457 e. The van der Waals surface area contributed by atoms with E-state index in [1.54, 1.807) is 6.20 Å². The van der Waals surface area contributed by atoms with Crippen LogP contribution in [0.2, 0.25) is 0 Å². The first kappa shape index (κ1) is 28.9. The molecule has 0 N–H and O–H groups in total. The van der Waals surface area contributed by atoms with Crippen molar-refractivity contribution in [2.45, 2.75) is 5.41 Å². The SMILES string of the molecule is c1ccc(-n2c3ccccc3c3cccc(-c4ccc5c(c4)Oc4ccccc4C54c5ccccc5Oc5cc(-c6cccnc6)ccc54)c32)cc1. The van der Waals surface area contributed by atoms with Crippen molar-refractivity contribution in [3.05, 3.63) is 205 Å². The van der Waals surface area contributed by atoms with Crippen molar-refractivity contribution >= 4 is 21.8 Å². The lowest BCUT2D eigenvalue weighted by Gasteiger charge is -2.45. The van der Waals surface area contributed by atoms with Gasteiger partial charge in [-0.3, -0.25) is 4.98 Å². The molecule has 1 atom stereocenters. The smallest absolute Gasteiger partial charge is 0.132 e. The first-order valence-electron chi connectivity index (χ1n) is 17.6. The average Bonchev–Trinajstić information content (AvgIpc) is 3.56. The lowest BCUT2D eigenvalue weighted by Crippen LogP contribution is -2.36. The van der Waals surface area contributed by atoms with Gasteiger partial charge in [-0.1, -0.05) is 121 Å². The molecule has 244 valence electrons. The summed E-state index contributed by atoms with van der Waals surface area (Å²) in [6, 6.07) is 60.2. The van der Waals surface area contributed by atoms with E-state index in [1.807, 2.05) is 18.3 Å². The van der Waals surface area contributed by atoms with E-state index in [1.165, 1.54) is 21.8 Å². The predicted molar refractivity (Wildman–Crippen MR) is 208 cm³/mol. The molecule has 11 rings (SSSR count). The maximum absolute atomic E-state index is 6.92. The molecule has 4 nitrogen and oxygen atoms in total. The Morgan fingerprint density at radius 2 is 1.06 bits per heavy atom. The number of nitrogens with zero attached hydrogens (tertiary/aromatic N) is 2. The summed E-state index contributed by atoms with van der Waals surface area (Å²) in [7, 11) is 0. The molecule has 4 heteroatoms. The third-order valence-corrected chi connectivity index (χ3v) is 10.8. The summed E-state index contributed by atoms with van der Waals surface area (Å²) < 4.78 is 16.1. The van der Waals surface area contributed by atoms with Crippen LogP contribution in [0.4, 0.5) is 0 Å². The minimum atomic E-state index is -0.675. The van der Waals surface area contributed by atoms with E-state index in [0.29, 0.717) is 0 Å². The van der Waals surface area contributed by atoms with Crippen LogP contribution in [-0.2, 0) is 5.41 Å². The Hall–Kier alpha value is -6.91. The van der Waals surface area contributed by atoms with Crippen LogP contribution in [0.25, 0.3) is 49.7 Å². The fourth-order valence-electron chi connectivity index (χ4n) is 8.65. The highest BCUT2D eigenvalue weighted by molar-refractivity contribution is 6.13. The molecule has 0 saturated carbocycles. The maximum atomic E-state index is 6.92. The molecule has 2 aliphatic rings. The Morgan fingerprint density at radius 1 is 0.442 bits per heavy atom. The van der Waals surface area contributed by atoms with Crippen molar-refractivity contribution < 1.29 is 9.47 Å². The Bertz CT molecular complexity index is 2850. The molecular weight excluding hydrogens is 637 g/mol. The molecule has 4 heterocycles. The van der Waals surface area contributed by atoms with Crippen LogP contribution in [-0.4, -0.2) is 9.55 Å². The summed E-state index contributed by atoms with van der Waals surface area (Å²) in [5, 5.41) is 2.44. The van der Waals surface area contributed by atoms with Crippen LogP contribution >= 0.6 is 0 Å². The van der Waals surface area contributed by atoms with Crippen LogP contribution in [0, 0.1) is 0 Å². The van der Waals surface area contributed by atoms with Crippen LogP contribution in [0.5, 0.6) is 23.0 Å². The highest BCUT2D eigenvalue weighted by Crippen LogP contribution is 2.62. The molecule has 9 aromatic rings. The quantitative estimate of drug-likeness (QED) is 0.188. The Balaban J connectivity index is 1.18. The lowest BCUT2D eigenvalue weighted by atomic mass is 9.62. The maximum Gasteiger partial charge on any atom is 0.132 e. The van der Waals surface area contributed by atoms with Crippen LogP contribution in [0.15, 0.2) is 182 Å². The Kier molecular flexibility index (Phi) is 6.13. The monoisotopic (exact) mass is 666 g/mol. The van der Waals surface area contributed by atoms with Gasteiger partial charge in [0.2, 0.25) is 0 Å². The summed E-state index contributed by atoms with van der Waals surface area (Å²) in [5.41, 5.74) is 11.5. The fourth-order valence-corrected chi connectivity index (χ4v) is 8.65. The van der Waals surface area contributed by atoms with E-state index in [4.69, 9.17) is 9.47 Å². The third-order valence-electron chi connectivity index (χ3n) is 10.8. The molecule has 0 aliphatic carbocycles. The van der Waals surface area contributed by atoms with Crippen LogP contribution in [0.3, 0.4) is 0 Å². The Morgan fingerprint density at radius 3 is 1.79 bits per heavy atom. The number of hydrogen-bond acceptors (Lipinski definition) is 3. The highest BCUT2D eigenvalue weighted by Gasteiger charge is 2.50. The van der Waals surface area contributed by atoms with Gasteiger partial charge in [-0.25, -0.2) is 0 Å². The van der Waals surface area contributed by atoms with Gasteiger partial charge in [-0.15, -0.1) is 0 Å². The van der Waals surface area contributed by atoms with E-state index in [2.05, 4.69) is 167 Å². The van der Waals surface area contributed by atoms with Crippen molar-refractivity contribution in [1.29, 1.82) is 0 Å². The number of benzene rings is 7. The van der Waals surface area contributed by atoms with Gasteiger partial charge in [0.05, 0.1) is 16.4 Å². The van der Waals surface area contributed by atoms with Gasteiger partial charge in [-0.05, 0) is 59.7 Å². The van der Waals surface area contributed by atoms with Crippen LogP contribution in [0.1, 0.15) is 22.3 Å². The van der Waals surface area contributed by atoms with Crippen molar-refractivity contribution in [2.24, 2.45) is 0 Å². The standard InChI is InChI=1S/C48H30N2O2/c1-2-13-34(14-3-1)50-42-20-7-4-15-36(42)37-17-10-16-35(47(37)50)32-24-26-41-46(29-32)52-44-22-9-6-19-39(44)48(41)38-18-5-8-21-43(38)51-45-28-31(23-25-40(45)48)33-12-11-27-49-30-33/h1-30H. The van der Waals surface area contributed by atoms with E-state index in [9.17, 15) is 0 Å². The van der Waals surface area contributed by atoms with Crippen molar-refractivity contribution in [2.75, 3.05) is 0 Å². The first-order chi connectivity index (χ1) is 25.8. The first-order valence-corrected chi connectivity index (χ1v) is 17.6. The number of aromatic nitrogens is 2. The second-order valence-corrected chi connectivity index (χ2v) is 13.5. The van der Waals surface area contributed by atoms with E-state index in [-0.39, 0.29) is 0 Å². The highest BCUT2D eigenvalue weighted by atomic mass is 16.5. The zero-order valence-corrected chi connectivity index (χ0v) is 28.0. The lowest BCUT2D eigenvalue weighted by molar-refractivity contribution is 0.399. The summed E-state index contributed by atoms with van der Waals surface area (Å²) >= 11 is 0. The molecule has 1 unspecified atom stereocenters. The molecule has 52 heavy (non-hydrogen) atoms. The zero-order valence-electron chi connectivity index (χ0n) is 28.0. The van der Waals surface area contributed by atoms with E-state index < -0.39 is 5.41 Å². The van der Waals surface area contributed by atoms with Gasteiger partial charge >= 0.3 is 0 Å². The van der Waals surface area contributed by atoms with Gasteiger partial charge in [0.25, 0.3) is 0 Å². The summed E-state index contributed by atoms with van der Waals surface area (Å²) in [5.74, 6) is 3.32. The van der Waals surface area contributed by atoms with Crippen molar-refractivity contribution in [1.82, 2.24) is 9.55 Å². The minimum absolute atomic E-state index is 0.675. The molecular formula is C48H30N2O2. The number of fused-ring (bicyclic) bond motifs is 11. The molecule has 7 aromatic carbocycles. The van der Waals surface area contributed by atoms with Gasteiger partial charge in [0, 0.05) is 62.2 Å². The van der Waals surface area contributed by atoms with Gasteiger partial charge in [0.1, 0.15) is 23.0 Å². The van der Waals surface area contributed by atoms with Crippen molar-refractivity contribution in [3.63, 3.8) is 0 Å². The van der Waals surface area contributed by atoms with E-state index >= 15 is 0 Å². The molecule has 0 fully saturated rings. The predicted octanol–water partition coefficient (Wildman–Crippen LogP) is 12.1. The molecule has 1 spiro atoms. The number of pyridine rings is 1. The summed E-state index contributed by atoms with van der Waals surface area (Å²) in [4.78, 5) is 4.38. The molecule has 0 saturated heterocycles. The third kappa shape index (κ3) is 4.00. The number of hydrogen-bond donors (Lipinski definition) is 0. The normalized spacial score (nSPS) is 15.3. The van der Waals surface area contributed by atoms with Gasteiger partial charge in [-0.2, -0.15) is 0 Å². The number of rotatable bonds is 3. The second-order valence-electron chi connectivity index (χ2n) is 13.5. The van der Waals surface area contributed by atoms with Gasteiger partial charge in [0.15, 0.2) is 0 Å².